The SMILES string of the molecule is CC1=CC(=O)[C@@H](O)[C@]2(C)[C@H]3[C@]4(O)OC[C@]35[C@H]([C@@H](C)[C@H]4O)[C@@H](O)C(=O)O[C@@H]5C[C@@H]12. The van der Waals surface area contributed by atoms with E-state index in [1.54, 1.807) is 20.8 Å². The number of aliphatic hydroxyl groups excluding tert-OH is 3. The van der Waals surface area contributed by atoms with Crippen molar-refractivity contribution < 1.29 is 39.5 Å². The summed E-state index contributed by atoms with van der Waals surface area (Å²) < 4.78 is 11.4. The lowest BCUT2D eigenvalue weighted by Crippen LogP contribution is -2.77. The van der Waals surface area contributed by atoms with E-state index < -0.39 is 70.5 Å². The van der Waals surface area contributed by atoms with Crippen LogP contribution in [0.2, 0.25) is 0 Å². The minimum absolute atomic E-state index is 0.0266. The number of hydrogen-bond acceptors (Lipinski definition) is 8. The standard InChI is InChI=1S/C20H26O8/c1-7-4-10(21)15(24)18(3)9(7)5-11-19-6-27-20(26,17(18)19)14(23)8(2)12(19)13(22)16(25)28-11/h4,8-9,11-15,17,22-24,26H,5-6H2,1-3H3/t8-,9+,11-,12-,13-,14-,15-,17-,18-,19+,20-/m1/s1. The van der Waals surface area contributed by atoms with Gasteiger partial charge < -0.3 is 29.9 Å². The van der Waals surface area contributed by atoms with Crippen LogP contribution in [0, 0.1) is 34.5 Å². The molecule has 8 heteroatoms. The van der Waals surface area contributed by atoms with Gasteiger partial charge in [0.1, 0.15) is 18.3 Å². The lowest BCUT2D eigenvalue weighted by atomic mass is 9.38. The van der Waals surface area contributed by atoms with Crippen molar-refractivity contribution in [3.8, 4) is 0 Å². The van der Waals surface area contributed by atoms with Gasteiger partial charge in [0.2, 0.25) is 0 Å². The molecule has 8 nitrogen and oxygen atoms in total. The van der Waals surface area contributed by atoms with Gasteiger partial charge in [-0.3, -0.25) is 4.79 Å². The number of allylic oxidation sites excluding steroid dienone is 1. The Hall–Kier alpha value is -1.32. The van der Waals surface area contributed by atoms with Gasteiger partial charge in [-0.2, -0.15) is 0 Å². The molecule has 28 heavy (non-hydrogen) atoms. The Morgan fingerprint density at radius 3 is 2.57 bits per heavy atom. The van der Waals surface area contributed by atoms with E-state index in [1.165, 1.54) is 6.08 Å². The van der Waals surface area contributed by atoms with E-state index >= 15 is 0 Å². The fourth-order valence-electron chi connectivity index (χ4n) is 7.64. The fraction of sp³-hybridized carbons (Fsp3) is 0.800. The maximum atomic E-state index is 12.5. The van der Waals surface area contributed by atoms with E-state index in [4.69, 9.17) is 9.47 Å². The molecule has 4 fully saturated rings. The van der Waals surface area contributed by atoms with Crippen LogP contribution in [-0.2, 0) is 19.1 Å². The molecule has 5 aliphatic rings. The minimum atomic E-state index is -2.01. The van der Waals surface area contributed by atoms with Crippen LogP contribution in [0.15, 0.2) is 11.6 Å². The van der Waals surface area contributed by atoms with Crippen molar-refractivity contribution in [2.45, 2.75) is 57.4 Å². The first kappa shape index (κ1) is 18.7. The number of carbonyl (C=O) groups excluding carboxylic acids is 2. The molecular weight excluding hydrogens is 368 g/mol. The number of aliphatic hydroxyl groups is 4. The Labute approximate surface area is 162 Å². The quantitative estimate of drug-likeness (QED) is 0.390. The molecule has 0 unspecified atom stereocenters. The zero-order chi connectivity index (χ0) is 20.4. The van der Waals surface area contributed by atoms with Gasteiger partial charge >= 0.3 is 5.97 Å². The van der Waals surface area contributed by atoms with Crippen LogP contribution >= 0.6 is 0 Å². The summed E-state index contributed by atoms with van der Waals surface area (Å²) >= 11 is 0. The van der Waals surface area contributed by atoms with Crippen LogP contribution in [0.4, 0.5) is 0 Å². The third-order valence-corrected chi connectivity index (χ3v) is 8.65. The summed E-state index contributed by atoms with van der Waals surface area (Å²) in [5.74, 6) is -5.79. The van der Waals surface area contributed by atoms with Crippen LogP contribution in [-0.4, -0.2) is 69.0 Å². The van der Waals surface area contributed by atoms with Crippen LogP contribution < -0.4 is 0 Å². The Morgan fingerprint density at radius 1 is 1.21 bits per heavy atom. The van der Waals surface area contributed by atoms with E-state index in [9.17, 15) is 30.0 Å². The summed E-state index contributed by atoms with van der Waals surface area (Å²) in [6.07, 6.45) is -3.14. The highest BCUT2D eigenvalue weighted by Crippen LogP contribution is 2.73. The van der Waals surface area contributed by atoms with Gasteiger partial charge in [0, 0.05) is 22.7 Å². The molecule has 2 bridgehead atoms. The van der Waals surface area contributed by atoms with Crippen molar-refractivity contribution in [2.75, 3.05) is 6.61 Å². The number of ether oxygens (including phenoxy) is 2. The van der Waals surface area contributed by atoms with Crippen LogP contribution in [0.5, 0.6) is 0 Å². The molecule has 0 aromatic heterocycles. The molecule has 5 rings (SSSR count). The Kier molecular flexibility index (Phi) is 3.49. The number of hydrogen-bond donors (Lipinski definition) is 4. The zero-order valence-electron chi connectivity index (χ0n) is 16.0. The van der Waals surface area contributed by atoms with Gasteiger partial charge in [0.25, 0.3) is 0 Å². The molecule has 0 amide bonds. The summed E-state index contributed by atoms with van der Waals surface area (Å²) in [6.45, 7) is 5.17. The molecule has 1 spiro atoms. The molecule has 2 saturated heterocycles. The third-order valence-electron chi connectivity index (χ3n) is 8.65. The van der Waals surface area contributed by atoms with Gasteiger partial charge in [0.15, 0.2) is 17.7 Å². The van der Waals surface area contributed by atoms with Gasteiger partial charge in [0.05, 0.1) is 6.61 Å². The summed E-state index contributed by atoms with van der Waals surface area (Å²) in [5, 5.41) is 44.2. The molecule has 0 radical (unpaired) electrons. The van der Waals surface area contributed by atoms with Crippen molar-refractivity contribution in [2.24, 2.45) is 34.5 Å². The molecule has 2 aliphatic heterocycles. The molecular formula is C20H26O8. The summed E-state index contributed by atoms with van der Waals surface area (Å²) in [4.78, 5) is 25.0. The topological polar surface area (TPSA) is 134 Å². The summed E-state index contributed by atoms with van der Waals surface area (Å²) in [6, 6.07) is 0. The maximum absolute atomic E-state index is 12.5. The molecule has 2 heterocycles. The number of esters is 1. The second kappa shape index (κ2) is 5.23. The van der Waals surface area contributed by atoms with E-state index in [-0.39, 0.29) is 12.5 Å². The molecule has 2 saturated carbocycles. The smallest absolute Gasteiger partial charge is 0.335 e. The third kappa shape index (κ3) is 1.72. The lowest BCUT2D eigenvalue weighted by molar-refractivity contribution is -0.339. The maximum Gasteiger partial charge on any atom is 0.335 e. The van der Waals surface area contributed by atoms with Crippen molar-refractivity contribution >= 4 is 11.8 Å². The normalized spacial score (nSPS) is 59.9. The van der Waals surface area contributed by atoms with Gasteiger partial charge in [-0.25, -0.2) is 4.79 Å². The van der Waals surface area contributed by atoms with Crippen molar-refractivity contribution in [3.63, 3.8) is 0 Å². The average Bonchev–Trinajstić information content (AvgIpc) is 2.92. The van der Waals surface area contributed by atoms with E-state index in [1.807, 2.05) is 0 Å². The molecule has 0 aromatic rings. The van der Waals surface area contributed by atoms with Crippen LogP contribution in [0.3, 0.4) is 0 Å². The second-order valence-electron chi connectivity index (χ2n) is 9.63. The zero-order valence-corrected chi connectivity index (χ0v) is 16.0. The summed E-state index contributed by atoms with van der Waals surface area (Å²) in [5.41, 5.74) is -1.40. The van der Waals surface area contributed by atoms with Crippen LogP contribution in [0.25, 0.3) is 0 Å². The first-order valence-electron chi connectivity index (χ1n) is 9.84. The van der Waals surface area contributed by atoms with E-state index in [0.717, 1.165) is 5.57 Å². The van der Waals surface area contributed by atoms with Gasteiger partial charge in [-0.1, -0.05) is 19.4 Å². The van der Waals surface area contributed by atoms with Gasteiger partial charge in [-0.05, 0) is 31.3 Å². The largest absolute Gasteiger partial charge is 0.460 e. The Morgan fingerprint density at radius 2 is 1.89 bits per heavy atom. The Balaban J connectivity index is 1.79. The molecule has 4 N–H and O–H groups in total. The molecule has 0 aromatic carbocycles. The van der Waals surface area contributed by atoms with E-state index in [2.05, 4.69) is 0 Å². The highest BCUT2D eigenvalue weighted by molar-refractivity contribution is 5.96. The number of carbonyl (C=O) groups is 2. The number of ketones is 1. The molecule has 154 valence electrons. The number of fused-ring (bicyclic) bond motifs is 1. The summed E-state index contributed by atoms with van der Waals surface area (Å²) in [7, 11) is 0. The molecule has 11 atom stereocenters. The highest BCUT2D eigenvalue weighted by Gasteiger charge is 2.83. The first-order chi connectivity index (χ1) is 13.0. The second-order valence-corrected chi connectivity index (χ2v) is 9.63. The van der Waals surface area contributed by atoms with Gasteiger partial charge in [-0.15, -0.1) is 0 Å². The van der Waals surface area contributed by atoms with Crippen molar-refractivity contribution in [3.05, 3.63) is 11.6 Å². The molecule has 3 aliphatic carbocycles. The van der Waals surface area contributed by atoms with Crippen molar-refractivity contribution in [1.82, 2.24) is 0 Å². The monoisotopic (exact) mass is 394 g/mol. The first-order valence-corrected chi connectivity index (χ1v) is 9.84. The Bertz CT molecular complexity index is 808. The predicted octanol–water partition coefficient (Wildman–Crippen LogP) is -0.863. The van der Waals surface area contributed by atoms with Crippen LogP contribution in [0.1, 0.15) is 27.2 Å². The highest BCUT2D eigenvalue weighted by atomic mass is 16.7. The minimum Gasteiger partial charge on any atom is -0.460 e. The average molecular weight is 394 g/mol. The fourth-order valence-corrected chi connectivity index (χ4v) is 7.64. The lowest BCUT2D eigenvalue weighted by Gasteiger charge is -2.67. The van der Waals surface area contributed by atoms with Crippen molar-refractivity contribution in [1.29, 1.82) is 0 Å². The number of rotatable bonds is 0. The predicted molar refractivity (Wildman–Crippen MR) is 92.4 cm³/mol. The van der Waals surface area contributed by atoms with E-state index in [0.29, 0.717) is 6.42 Å².